The van der Waals surface area contributed by atoms with E-state index in [-0.39, 0.29) is 10.6 Å². The molecule has 1 aliphatic heterocycles. The van der Waals surface area contributed by atoms with E-state index in [1.54, 1.807) is 18.3 Å². The summed E-state index contributed by atoms with van der Waals surface area (Å²) in [5, 5.41) is 7.16. The molecule has 1 aliphatic rings. The van der Waals surface area contributed by atoms with Crippen LogP contribution in [0.1, 0.15) is 26.2 Å². The third-order valence-electron chi connectivity index (χ3n) is 5.26. The lowest BCUT2D eigenvalue weighted by Gasteiger charge is -2.39. The van der Waals surface area contributed by atoms with Crippen molar-refractivity contribution in [2.24, 2.45) is 5.73 Å². The van der Waals surface area contributed by atoms with Crippen molar-refractivity contribution in [3.8, 4) is 11.3 Å². The predicted octanol–water partition coefficient (Wildman–Crippen LogP) is 3.52. The van der Waals surface area contributed by atoms with Crippen molar-refractivity contribution in [3.63, 3.8) is 0 Å². The van der Waals surface area contributed by atoms with Gasteiger partial charge in [0, 0.05) is 24.2 Å². The van der Waals surface area contributed by atoms with Gasteiger partial charge in [0.15, 0.2) is 0 Å². The van der Waals surface area contributed by atoms with Crippen LogP contribution in [0.15, 0.2) is 24.4 Å². The first kappa shape index (κ1) is 17.2. The van der Waals surface area contributed by atoms with Crippen LogP contribution in [-0.2, 0) is 0 Å². The number of aromatic nitrogens is 4. The third kappa shape index (κ3) is 2.91. The van der Waals surface area contributed by atoms with Gasteiger partial charge in [0.2, 0.25) is 5.65 Å². The molecule has 0 aliphatic carbocycles. The van der Waals surface area contributed by atoms with Crippen molar-refractivity contribution in [2.45, 2.75) is 31.7 Å². The van der Waals surface area contributed by atoms with Gasteiger partial charge in [0.25, 0.3) is 0 Å². The summed E-state index contributed by atoms with van der Waals surface area (Å²) in [6, 6.07) is 4.65. The zero-order valence-corrected chi connectivity index (χ0v) is 15.2. The molecule has 3 heterocycles. The molecule has 4 rings (SSSR count). The van der Waals surface area contributed by atoms with Gasteiger partial charge in [-0.1, -0.05) is 30.7 Å². The summed E-state index contributed by atoms with van der Waals surface area (Å²) in [4.78, 5) is 11.3. The summed E-state index contributed by atoms with van der Waals surface area (Å²) >= 11 is 6.09. The zero-order chi connectivity index (χ0) is 18.3. The number of halogens is 2. The summed E-state index contributed by atoms with van der Waals surface area (Å²) < 4.78 is 13.8. The fourth-order valence-electron chi connectivity index (χ4n) is 3.36. The Kier molecular flexibility index (Phi) is 4.28. The second-order valence-corrected chi connectivity index (χ2v) is 7.18. The van der Waals surface area contributed by atoms with Gasteiger partial charge < -0.3 is 10.6 Å². The van der Waals surface area contributed by atoms with Crippen molar-refractivity contribution in [3.05, 3.63) is 35.2 Å². The smallest absolute Gasteiger partial charge is 0.202 e. The Hall–Kier alpha value is -2.25. The van der Waals surface area contributed by atoms with Crippen LogP contribution in [0.4, 0.5) is 10.2 Å². The quantitative estimate of drug-likeness (QED) is 0.732. The Bertz CT molecular complexity index is 948. The largest absolute Gasteiger partial charge is 0.355 e. The highest BCUT2D eigenvalue weighted by molar-refractivity contribution is 6.33. The zero-order valence-electron chi connectivity index (χ0n) is 14.5. The molecule has 6 nitrogen and oxygen atoms in total. The standard InChI is InChI=1S/C18H20ClFN6/c1-2-18(21)6-8-26(9-7-18)13-10-22-16-15(24-25-17(16)23-13)11-4-3-5-12(20)14(11)19/h3-5,10H,2,6-9,21H2,1H3,(H,23,24,25). The number of rotatable bonds is 3. The first-order valence-corrected chi connectivity index (χ1v) is 9.08. The highest BCUT2D eigenvalue weighted by Crippen LogP contribution is 2.33. The fraction of sp³-hybridized carbons (Fsp3) is 0.389. The van der Waals surface area contributed by atoms with E-state index < -0.39 is 5.82 Å². The molecule has 0 spiro atoms. The highest BCUT2D eigenvalue weighted by Gasteiger charge is 2.29. The number of nitrogens with one attached hydrogen (secondary N) is 1. The van der Waals surface area contributed by atoms with Gasteiger partial charge in [-0.05, 0) is 25.3 Å². The summed E-state index contributed by atoms with van der Waals surface area (Å²) in [5.74, 6) is 0.296. The molecular formula is C18H20ClFN6. The number of hydrogen-bond donors (Lipinski definition) is 2. The second-order valence-electron chi connectivity index (χ2n) is 6.80. The van der Waals surface area contributed by atoms with Crippen LogP contribution in [0, 0.1) is 5.82 Å². The maximum atomic E-state index is 13.8. The minimum Gasteiger partial charge on any atom is -0.355 e. The number of anilines is 1. The fourth-order valence-corrected chi connectivity index (χ4v) is 3.58. The van der Waals surface area contributed by atoms with Gasteiger partial charge in [-0.3, -0.25) is 5.10 Å². The molecule has 3 aromatic rings. The Balaban J connectivity index is 1.65. The van der Waals surface area contributed by atoms with E-state index in [0.717, 1.165) is 38.2 Å². The van der Waals surface area contributed by atoms with E-state index in [1.165, 1.54) is 6.07 Å². The molecule has 1 fully saturated rings. The van der Waals surface area contributed by atoms with Crippen LogP contribution < -0.4 is 10.6 Å². The van der Waals surface area contributed by atoms with Gasteiger partial charge >= 0.3 is 0 Å². The molecule has 1 saturated heterocycles. The minimum atomic E-state index is -0.481. The van der Waals surface area contributed by atoms with Gasteiger partial charge in [0.05, 0.1) is 16.9 Å². The monoisotopic (exact) mass is 374 g/mol. The highest BCUT2D eigenvalue weighted by atomic mass is 35.5. The summed E-state index contributed by atoms with van der Waals surface area (Å²) in [7, 11) is 0. The molecule has 0 radical (unpaired) electrons. The number of aromatic amines is 1. The van der Waals surface area contributed by atoms with Crippen LogP contribution >= 0.6 is 11.6 Å². The molecule has 3 N–H and O–H groups in total. The average molecular weight is 375 g/mol. The van der Waals surface area contributed by atoms with Gasteiger partial charge in [-0.25, -0.2) is 14.4 Å². The lowest BCUT2D eigenvalue weighted by molar-refractivity contribution is 0.322. The summed E-state index contributed by atoms with van der Waals surface area (Å²) in [6.45, 7) is 3.82. The predicted molar refractivity (Wildman–Crippen MR) is 101 cm³/mol. The average Bonchev–Trinajstić information content (AvgIpc) is 3.07. The Labute approximate surface area is 155 Å². The van der Waals surface area contributed by atoms with Crippen LogP contribution in [0.5, 0.6) is 0 Å². The van der Waals surface area contributed by atoms with Crippen molar-refractivity contribution in [1.29, 1.82) is 0 Å². The molecule has 0 atom stereocenters. The van der Waals surface area contributed by atoms with Crippen LogP contribution in [0.25, 0.3) is 22.4 Å². The minimum absolute atomic E-state index is 0.0406. The maximum Gasteiger partial charge on any atom is 0.202 e. The lowest BCUT2D eigenvalue weighted by Crippen LogP contribution is -2.50. The Morgan fingerprint density at radius 3 is 2.85 bits per heavy atom. The molecule has 0 amide bonds. The second kappa shape index (κ2) is 6.48. The van der Waals surface area contributed by atoms with Gasteiger partial charge in [0.1, 0.15) is 17.2 Å². The number of H-pyrrole nitrogens is 1. The summed E-state index contributed by atoms with van der Waals surface area (Å²) in [5.41, 5.74) is 8.41. The van der Waals surface area contributed by atoms with E-state index in [4.69, 9.17) is 17.3 Å². The Morgan fingerprint density at radius 1 is 1.35 bits per heavy atom. The van der Waals surface area contributed by atoms with Crippen LogP contribution in [0.2, 0.25) is 5.02 Å². The number of nitrogens with two attached hydrogens (primary N) is 1. The first-order valence-electron chi connectivity index (χ1n) is 8.70. The van der Waals surface area contributed by atoms with E-state index in [9.17, 15) is 4.39 Å². The SMILES string of the molecule is CCC1(N)CCN(c2cnc3c(-c4cccc(F)c4Cl)[nH]nc3n2)CC1. The van der Waals surface area contributed by atoms with Crippen molar-refractivity contribution >= 4 is 28.6 Å². The third-order valence-corrected chi connectivity index (χ3v) is 5.64. The Morgan fingerprint density at radius 2 is 2.12 bits per heavy atom. The number of fused-ring (bicyclic) bond motifs is 1. The number of hydrogen-bond acceptors (Lipinski definition) is 5. The first-order chi connectivity index (χ1) is 12.5. The molecule has 136 valence electrons. The molecule has 0 bridgehead atoms. The number of nitrogens with zero attached hydrogens (tertiary/aromatic N) is 4. The van der Waals surface area contributed by atoms with Crippen molar-refractivity contribution in [1.82, 2.24) is 20.2 Å². The van der Waals surface area contributed by atoms with Gasteiger partial charge in [-0.15, -0.1) is 0 Å². The molecule has 0 unspecified atom stereocenters. The van der Waals surface area contributed by atoms with E-state index in [0.29, 0.717) is 22.4 Å². The topological polar surface area (TPSA) is 83.7 Å². The molecule has 1 aromatic carbocycles. The van der Waals surface area contributed by atoms with E-state index in [1.807, 2.05) is 0 Å². The van der Waals surface area contributed by atoms with Crippen LogP contribution in [-0.4, -0.2) is 38.8 Å². The summed E-state index contributed by atoms with van der Waals surface area (Å²) in [6.07, 6.45) is 4.55. The maximum absolute atomic E-state index is 13.8. The lowest BCUT2D eigenvalue weighted by atomic mass is 9.86. The molecule has 0 saturated carbocycles. The van der Waals surface area contributed by atoms with Gasteiger partial charge in [-0.2, -0.15) is 5.10 Å². The van der Waals surface area contributed by atoms with Crippen molar-refractivity contribution in [2.75, 3.05) is 18.0 Å². The van der Waals surface area contributed by atoms with Crippen LogP contribution in [0.3, 0.4) is 0 Å². The normalized spacial score (nSPS) is 17.0. The number of piperidine rings is 1. The molecule has 8 heteroatoms. The van der Waals surface area contributed by atoms with E-state index in [2.05, 4.69) is 32.0 Å². The van der Waals surface area contributed by atoms with Crippen molar-refractivity contribution < 1.29 is 4.39 Å². The molecule has 2 aromatic heterocycles. The molecular weight excluding hydrogens is 355 g/mol. The number of benzene rings is 1. The van der Waals surface area contributed by atoms with E-state index >= 15 is 0 Å². The molecule has 26 heavy (non-hydrogen) atoms.